The lowest BCUT2D eigenvalue weighted by Crippen LogP contribution is -2.03. The van der Waals surface area contributed by atoms with Crippen molar-refractivity contribution >= 4 is 16.8 Å². The molecule has 0 saturated carbocycles. The number of aromatic nitrogens is 2. The lowest BCUT2D eigenvalue weighted by molar-refractivity contribution is 0.0904. The lowest BCUT2D eigenvalue weighted by Gasteiger charge is -2.04. The predicted molar refractivity (Wildman–Crippen MR) is 104 cm³/mol. The predicted octanol–water partition coefficient (Wildman–Crippen LogP) is 3.56. The minimum atomic E-state index is -0.507. The first kappa shape index (κ1) is 17.1. The van der Waals surface area contributed by atoms with Crippen LogP contribution in [0.4, 0.5) is 0 Å². The Morgan fingerprint density at radius 3 is 2.11 bits per heavy atom. The van der Waals surface area contributed by atoms with Crippen LogP contribution in [-0.2, 0) is 6.61 Å². The Kier molecular flexibility index (Phi) is 4.54. The highest BCUT2D eigenvalue weighted by Crippen LogP contribution is 2.25. The van der Waals surface area contributed by atoms with Crippen molar-refractivity contribution < 1.29 is 15.0 Å². The Bertz CT molecular complexity index is 1100. The van der Waals surface area contributed by atoms with E-state index in [4.69, 9.17) is 10.2 Å². The fourth-order valence-corrected chi connectivity index (χ4v) is 3.03. The van der Waals surface area contributed by atoms with Crippen LogP contribution in [0.3, 0.4) is 0 Å². The molecule has 27 heavy (non-hydrogen) atoms. The van der Waals surface area contributed by atoms with Crippen LogP contribution in [0.2, 0.25) is 0 Å². The molecule has 0 amide bonds. The second-order valence-corrected chi connectivity index (χ2v) is 6.33. The highest BCUT2D eigenvalue weighted by atomic mass is 16.3. The van der Waals surface area contributed by atoms with E-state index in [1.54, 1.807) is 18.2 Å². The van der Waals surface area contributed by atoms with Gasteiger partial charge >= 0.3 is 0 Å². The van der Waals surface area contributed by atoms with E-state index >= 15 is 0 Å². The van der Waals surface area contributed by atoms with Gasteiger partial charge in [0.25, 0.3) is 0 Å². The smallest absolute Gasteiger partial charge is 0.188 e. The maximum absolute atomic E-state index is 11.6. The number of hydrogen-bond donors (Lipinski definition) is 3. The van der Waals surface area contributed by atoms with Gasteiger partial charge in [-0.1, -0.05) is 48.5 Å². The molecule has 5 heteroatoms. The lowest BCUT2D eigenvalue weighted by atomic mass is 10.0. The van der Waals surface area contributed by atoms with Crippen LogP contribution in [0.1, 0.15) is 15.9 Å². The van der Waals surface area contributed by atoms with Gasteiger partial charge in [-0.05, 0) is 34.9 Å². The minimum absolute atomic E-state index is 0.0386. The zero-order valence-corrected chi connectivity index (χ0v) is 14.5. The first-order chi connectivity index (χ1) is 13.2. The van der Waals surface area contributed by atoms with Crippen molar-refractivity contribution in [2.24, 2.45) is 0 Å². The summed E-state index contributed by atoms with van der Waals surface area (Å²) in [5.41, 5.74) is 5.97. The zero-order valence-electron chi connectivity index (χ0n) is 14.5. The van der Waals surface area contributed by atoms with Gasteiger partial charge in [0.1, 0.15) is 12.4 Å². The third-order valence-electron chi connectivity index (χ3n) is 4.58. The molecule has 0 fully saturated rings. The number of carbonyl (C=O) groups is 1. The highest BCUT2D eigenvalue weighted by molar-refractivity contribution is 5.99. The number of rotatable bonds is 5. The summed E-state index contributed by atoms with van der Waals surface area (Å²) in [6, 6.07) is 21.0. The number of nitrogens with one attached hydrogen (secondary N) is 1. The monoisotopic (exact) mass is 358 g/mol. The fourth-order valence-electron chi connectivity index (χ4n) is 3.03. The Morgan fingerprint density at radius 1 is 0.852 bits per heavy atom. The number of H-pyrrole nitrogens is 1. The molecule has 0 aliphatic carbocycles. The maximum atomic E-state index is 11.6. The van der Waals surface area contributed by atoms with Crippen molar-refractivity contribution in [1.82, 2.24) is 9.97 Å². The molecule has 0 atom stereocenters. The summed E-state index contributed by atoms with van der Waals surface area (Å²) in [5, 5.41) is 18.1. The first-order valence-corrected chi connectivity index (χ1v) is 8.62. The Balaban J connectivity index is 1.63. The summed E-state index contributed by atoms with van der Waals surface area (Å²) in [7, 11) is 0. The molecule has 1 aromatic heterocycles. The molecule has 4 aromatic rings. The Labute approximate surface area is 156 Å². The van der Waals surface area contributed by atoms with Crippen molar-refractivity contribution in [3.05, 3.63) is 77.9 Å². The molecule has 0 bridgehead atoms. The molecule has 134 valence electrons. The van der Waals surface area contributed by atoms with E-state index in [1.807, 2.05) is 48.5 Å². The normalized spacial score (nSPS) is 11.0. The number of aliphatic hydroxyl groups excluding tert-OH is 2. The van der Waals surface area contributed by atoms with Crippen molar-refractivity contribution in [3.8, 4) is 22.5 Å². The number of ketones is 1. The largest absolute Gasteiger partial charge is 0.392 e. The summed E-state index contributed by atoms with van der Waals surface area (Å²) < 4.78 is 0. The number of aliphatic hydroxyl groups is 2. The van der Waals surface area contributed by atoms with Crippen molar-refractivity contribution in [2.45, 2.75) is 6.61 Å². The second-order valence-electron chi connectivity index (χ2n) is 6.33. The van der Waals surface area contributed by atoms with Crippen molar-refractivity contribution in [2.75, 3.05) is 6.61 Å². The Hall–Kier alpha value is -3.28. The number of nitrogens with zero attached hydrogens (tertiary/aromatic N) is 1. The van der Waals surface area contributed by atoms with E-state index in [0.717, 1.165) is 39.1 Å². The van der Waals surface area contributed by atoms with E-state index in [9.17, 15) is 4.79 Å². The van der Waals surface area contributed by atoms with Crippen molar-refractivity contribution in [1.29, 1.82) is 0 Å². The molecule has 0 aliphatic heterocycles. The molecule has 0 radical (unpaired) electrons. The van der Waals surface area contributed by atoms with Gasteiger partial charge in [0.15, 0.2) is 5.78 Å². The molecule has 0 spiro atoms. The van der Waals surface area contributed by atoms with Crippen LogP contribution >= 0.6 is 0 Å². The molecule has 0 saturated heterocycles. The topological polar surface area (TPSA) is 86.2 Å². The molecule has 5 nitrogen and oxygen atoms in total. The van der Waals surface area contributed by atoms with E-state index < -0.39 is 6.61 Å². The maximum Gasteiger partial charge on any atom is 0.188 e. The van der Waals surface area contributed by atoms with Crippen LogP contribution < -0.4 is 0 Å². The SMILES string of the molecule is O=C(CO)c1ccc2nc(-c3ccc(-c4ccc(CO)cc4)cc3)[nH]c2c1. The summed E-state index contributed by atoms with van der Waals surface area (Å²) in [4.78, 5) is 19.5. The number of Topliss-reactive ketones (excluding diaryl/α,β-unsaturated/α-hetero) is 1. The first-order valence-electron chi connectivity index (χ1n) is 8.62. The van der Waals surface area contributed by atoms with Crippen LogP contribution in [0.15, 0.2) is 66.7 Å². The number of benzene rings is 3. The molecule has 0 unspecified atom stereocenters. The third-order valence-corrected chi connectivity index (χ3v) is 4.58. The van der Waals surface area contributed by atoms with Gasteiger partial charge in [-0.15, -0.1) is 0 Å². The van der Waals surface area contributed by atoms with Crippen molar-refractivity contribution in [3.63, 3.8) is 0 Å². The minimum Gasteiger partial charge on any atom is -0.392 e. The van der Waals surface area contributed by atoms with Gasteiger partial charge in [0.2, 0.25) is 0 Å². The third kappa shape index (κ3) is 3.38. The van der Waals surface area contributed by atoms with E-state index in [-0.39, 0.29) is 12.4 Å². The van der Waals surface area contributed by atoms with E-state index in [1.165, 1.54) is 0 Å². The number of imidazole rings is 1. The van der Waals surface area contributed by atoms with Crippen LogP contribution in [0.5, 0.6) is 0 Å². The second kappa shape index (κ2) is 7.15. The number of fused-ring (bicyclic) bond motifs is 1. The summed E-state index contributed by atoms with van der Waals surface area (Å²) in [5.74, 6) is 0.408. The fraction of sp³-hybridized carbons (Fsp3) is 0.0909. The van der Waals surface area contributed by atoms with Gasteiger partial charge in [0, 0.05) is 11.1 Å². The zero-order chi connectivity index (χ0) is 18.8. The Morgan fingerprint density at radius 2 is 1.48 bits per heavy atom. The average Bonchev–Trinajstić information content (AvgIpc) is 3.16. The van der Waals surface area contributed by atoms with E-state index in [2.05, 4.69) is 9.97 Å². The molecule has 0 aliphatic rings. The van der Waals surface area contributed by atoms with Gasteiger partial charge in [-0.3, -0.25) is 4.79 Å². The summed E-state index contributed by atoms with van der Waals surface area (Å²) in [6.07, 6.45) is 0. The number of aromatic amines is 1. The standard InChI is InChI=1S/C22H18N2O3/c25-12-14-1-3-15(4-2-14)16-5-7-17(8-6-16)22-23-19-10-9-18(21(27)13-26)11-20(19)24-22/h1-11,25-26H,12-13H2,(H,23,24). The highest BCUT2D eigenvalue weighted by Gasteiger charge is 2.09. The van der Waals surface area contributed by atoms with Crippen LogP contribution in [-0.4, -0.2) is 32.6 Å². The molecule has 4 rings (SSSR count). The molecule has 3 aromatic carbocycles. The molecule has 1 heterocycles. The quantitative estimate of drug-likeness (QED) is 0.476. The van der Waals surface area contributed by atoms with Crippen LogP contribution in [0, 0.1) is 0 Å². The molecule has 3 N–H and O–H groups in total. The summed E-state index contributed by atoms with van der Waals surface area (Å²) in [6.45, 7) is -0.468. The van der Waals surface area contributed by atoms with E-state index in [0.29, 0.717) is 5.56 Å². The number of carbonyl (C=O) groups excluding carboxylic acids is 1. The van der Waals surface area contributed by atoms with Gasteiger partial charge in [-0.2, -0.15) is 0 Å². The molecular formula is C22H18N2O3. The average molecular weight is 358 g/mol. The van der Waals surface area contributed by atoms with Gasteiger partial charge in [0.05, 0.1) is 17.6 Å². The van der Waals surface area contributed by atoms with Crippen LogP contribution in [0.25, 0.3) is 33.5 Å². The number of hydrogen-bond acceptors (Lipinski definition) is 4. The van der Waals surface area contributed by atoms with Gasteiger partial charge < -0.3 is 15.2 Å². The summed E-state index contributed by atoms with van der Waals surface area (Å²) >= 11 is 0. The molecular weight excluding hydrogens is 340 g/mol. The van der Waals surface area contributed by atoms with Gasteiger partial charge in [-0.25, -0.2) is 4.98 Å².